The van der Waals surface area contributed by atoms with E-state index in [1.165, 1.54) is 5.56 Å². The van der Waals surface area contributed by atoms with E-state index in [1.807, 2.05) is 19.2 Å². The number of halogens is 1. The van der Waals surface area contributed by atoms with Crippen LogP contribution in [0.2, 0.25) is 5.02 Å². The largest absolute Gasteiger partial charge is 0.508 e. The second-order valence-electron chi connectivity index (χ2n) is 7.77. The Morgan fingerprint density at radius 2 is 1.74 bits per heavy atom. The molecule has 160 valence electrons. The minimum Gasteiger partial charge on any atom is -0.508 e. The molecule has 0 bridgehead atoms. The Bertz CT molecular complexity index is 1060. The maximum atomic E-state index is 12.0. The molecule has 0 saturated heterocycles. The quantitative estimate of drug-likeness (QED) is 0.345. The monoisotopic (exact) mass is 434 g/mol. The molecule has 3 rings (SSSR count). The lowest BCUT2D eigenvalue weighted by molar-refractivity contribution is -0.108. The molecule has 3 aromatic rings. The standard InChI is InChI=1S/C26H27ClN2O2/c1-17(2)19-6-4-18(5-7-19)14-22(16-30)29-26(20-8-11-23(31)12-9-20)24-15-21(27)10-13-25(24)28-3/h4-13,15-17,22,28,31H,14H2,1-3H3. The molecule has 0 radical (unpaired) electrons. The van der Waals surface area contributed by atoms with Crippen molar-refractivity contribution < 1.29 is 9.90 Å². The Hall–Kier alpha value is -3.11. The molecule has 2 N–H and O–H groups in total. The number of aromatic hydroxyl groups is 1. The third-order valence-electron chi connectivity index (χ3n) is 5.19. The molecule has 0 aliphatic heterocycles. The third-order valence-corrected chi connectivity index (χ3v) is 5.43. The van der Waals surface area contributed by atoms with E-state index in [2.05, 4.69) is 43.4 Å². The lowest BCUT2D eigenvalue weighted by Crippen LogP contribution is -2.16. The first-order valence-corrected chi connectivity index (χ1v) is 10.7. The van der Waals surface area contributed by atoms with E-state index in [-0.39, 0.29) is 5.75 Å². The molecular formula is C26H27ClN2O2. The summed E-state index contributed by atoms with van der Waals surface area (Å²) in [6.07, 6.45) is 1.37. The highest BCUT2D eigenvalue weighted by Crippen LogP contribution is 2.26. The molecule has 0 heterocycles. The average Bonchev–Trinajstić information content (AvgIpc) is 2.77. The van der Waals surface area contributed by atoms with Gasteiger partial charge in [-0.1, -0.05) is 49.7 Å². The number of carbonyl (C=O) groups is 1. The van der Waals surface area contributed by atoms with Crippen LogP contribution in [-0.4, -0.2) is 30.2 Å². The zero-order valence-electron chi connectivity index (χ0n) is 18.0. The molecule has 4 nitrogen and oxygen atoms in total. The van der Waals surface area contributed by atoms with Crippen molar-refractivity contribution in [3.05, 3.63) is 94.0 Å². The van der Waals surface area contributed by atoms with Gasteiger partial charge < -0.3 is 15.2 Å². The van der Waals surface area contributed by atoms with E-state index >= 15 is 0 Å². The second kappa shape index (κ2) is 10.3. The summed E-state index contributed by atoms with van der Waals surface area (Å²) in [5, 5.41) is 13.4. The van der Waals surface area contributed by atoms with Crippen LogP contribution in [0.3, 0.4) is 0 Å². The minimum absolute atomic E-state index is 0.167. The Labute approximate surface area is 188 Å². The molecule has 0 fully saturated rings. The van der Waals surface area contributed by atoms with Crippen molar-refractivity contribution in [1.82, 2.24) is 0 Å². The Morgan fingerprint density at radius 3 is 2.32 bits per heavy atom. The van der Waals surface area contributed by atoms with Crippen LogP contribution in [0.1, 0.15) is 42.0 Å². The van der Waals surface area contributed by atoms with Crippen LogP contribution in [0, 0.1) is 0 Å². The average molecular weight is 435 g/mol. The lowest BCUT2D eigenvalue weighted by atomic mass is 9.98. The number of rotatable bonds is 8. The van der Waals surface area contributed by atoms with Gasteiger partial charge in [-0.15, -0.1) is 0 Å². The van der Waals surface area contributed by atoms with E-state index in [0.717, 1.165) is 28.7 Å². The van der Waals surface area contributed by atoms with Crippen LogP contribution in [0.25, 0.3) is 0 Å². The number of aldehydes is 1. The summed E-state index contributed by atoms with van der Waals surface area (Å²) in [6, 6.07) is 20.1. The third kappa shape index (κ3) is 5.74. The number of hydrogen-bond acceptors (Lipinski definition) is 4. The lowest BCUT2D eigenvalue weighted by Gasteiger charge is -2.16. The maximum absolute atomic E-state index is 12.0. The number of nitrogens with one attached hydrogen (secondary N) is 1. The van der Waals surface area contributed by atoms with Gasteiger partial charge in [0.1, 0.15) is 18.1 Å². The van der Waals surface area contributed by atoms with Gasteiger partial charge in [0.15, 0.2) is 0 Å². The fourth-order valence-corrected chi connectivity index (χ4v) is 3.59. The zero-order chi connectivity index (χ0) is 22.4. The predicted octanol–water partition coefficient (Wildman–Crippen LogP) is 5.86. The number of phenols is 1. The van der Waals surface area contributed by atoms with Crippen molar-refractivity contribution >= 4 is 29.3 Å². The van der Waals surface area contributed by atoms with Gasteiger partial charge in [-0.25, -0.2) is 0 Å². The van der Waals surface area contributed by atoms with E-state index in [1.54, 1.807) is 30.3 Å². The maximum Gasteiger partial charge on any atom is 0.144 e. The van der Waals surface area contributed by atoms with Crippen molar-refractivity contribution in [2.75, 3.05) is 12.4 Å². The van der Waals surface area contributed by atoms with Gasteiger partial charge in [0, 0.05) is 35.3 Å². The SMILES string of the molecule is CNc1ccc(Cl)cc1C(=NC(C=O)Cc1ccc(C(C)C)cc1)c1ccc(O)cc1. The molecule has 0 amide bonds. The molecule has 1 atom stereocenters. The second-order valence-corrected chi connectivity index (χ2v) is 8.20. The van der Waals surface area contributed by atoms with Gasteiger partial charge in [0.2, 0.25) is 0 Å². The van der Waals surface area contributed by atoms with Gasteiger partial charge in [-0.05, 0) is 59.5 Å². The first kappa shape index (κ1) is 22.6. The van der Waals surface area contributed by atoms with Crippen LogP contribution < -0.4 is 5.32 Å². The molecule has 5 heteroatoms. The molecular weight excluding hydrogens is 408 g/mol. The van der Waals surface area contributed by atoms with Crippen molar-refractivity contribution in [3.8, 4) is 5.75 Å². The molecule has 1 unspecified atom stereocenters. The molecule has 0 saturated carbocycles. The summed E-state index contributed by atoms with van der Waals surface area (Å²) in [5.74, 6) is 0.623. The van der Waals surface area contributed by atoms with E-state index < -0.39 is 6.04 Å². The minimum atomic E-state index is -0.558. The summed E-state index contributed by atoms with van der Waals surface area (Å²) in [7, 11) is 1.83. The Morgan fingerprint density at radius 1 is 1.06 bits per heavy atom. The predicted molar refractivity (Wildman–Crippen MR) is 129 cm³/mol. The van der Waals surface area contributed by atoms with Gasteiger partial charge in [-0.2, -0.15) is 0 Å². The highest BCUT2D eigenvalue weighted by molar-refractivity contribution is 6.31. The molecule has 3 aromatic carbocycles. The molecule has 0 aliphatic rings. The molecule has 0 aliphatic carbocycles. The van der Waals surface area contributed by atoms with E-state index in [4.69, 9.17) is 16.6 Å². The van der Waals surface area contributed by atoms with Crippen LogP contribution in [0.15, 0.2) is 71.7 Å². The smallest absolute Gasteiger partial charge is 0.144 e. The number of carbonyl (C=O) groups excluding carboxylic acids is 1. The highest BCUT2D eigenvalue weighted by atomic mass is 35.5. The van der Waals surface area contributed by atoms with Gasteiger partial charge in [0.05, 0.1) is 5.71 Å². The van der Waals surface area contributed by atoms with Crippen LogP contribution >= 0.6 is 11.6 Å². The number of aliphatic imine (C=N–C) groups is 1. The molecule has 0 spiro atoms. The summed E-state index contributed by atoms with van der Waals surface area (Å²) < 4.78 is 0. The summed E-state index contributed by atoms with van der Waals surface area (Å²) in [4.78, 5) is 16.8. The van der Waals surface area contributed by atoms with Crippen LogP contribution in [0.5, 0.6) is 5.75 Å². The van der Waals surface area contributed by atoms with Crippen LogP contribution in [-0.2, 0) is 11.2 Å². The Balaban J connectivity index is 2.03. The number of hydrogen-bond donors (Lipinski definition) is 2. The number of nitrogens with zero attached hydrogens (tertiary/aromatic N) is 1. The topological polar surface area (TPSA) is 61.7 Å². The normalized spacial score (nSPS) is 12.6. The van der Waals surface area contributed by atoms with E-state index in [9.17, 15) is 9.90 Å². The summed E-state index contributed by atoms with van der Waals surface area (Å²) in [5.41, 5.74) is 5.39. The van der Waals surface area contributed by atoms with Crippen molar-refractivity contribution in [2.24, 2.45) is 4.99 Å². The van der Waals surface area contributed by atoms with Gasteiger partial charge >= 0.3 is 0 Å². The van der Waals surface area contributed by atoms with Gasteiger partial charge in [0.25, 0.3) is 0 Å². The number of phenolic OH excluding ortho intramolecular Hbond substituents is 1. The fraction of sp³-hybridized carbons (Fsp3) is 0.231. The molecule has 31 heavy (non-hydrogen) atoms. The first-order valence-electron chi connectivity index (χ1n) is 10.3. The number of benzene rings is 3. The van der Waals surface area contributed by atoms with Crippen LogP contribution in [0.4, 0.5) is 5.69 Å². The Kier molecular flexibility index (Phi) is 7.48. The van der Waals surface area contributed by atoms with Crippen molar-refractivity contribution in [1.29, 1.82) is 0 Å². The van der Waals surface area contributed by atoms with E-state index in [0.29, 0.717) is 23.1 Å². The summed E-state index contributed by atoms with van der Waals surface area (Å²) in [6.45, 7) is 4.31. The fourth-order valence-electron chi connectivity index (χ4n) is 3.42. The van der Waals surface area contributed by atoms with Gasteiger partial charge in [-0.3, -0.25) is 4.99 Å². The molecule has 0 aromatic heterocycles. The zero-order valence-corrected chi connectivity index (χ0v) is 18.7. The van der Waals surface area contributed by atoms with Crippen molar-refractivity contribution in [2.45, 2.75) is 32.2 Å². The highest BCUT2D eigenvalue weighted by Gasteiger charge is 2.16. The summed E-state index contributed by atoms with van der Waals surface area (Å²) >= 11 is 6.28. The van der Waals surface area contributed by atoms with Crippen molar-refractivity contribution in [3.63, 3.8) is 0 Å². The first-order chi connectivity index (χ1) is 14.9. The number of anilines is 1.